The number of aliphatic hydroxyl groups excluding tert-OH is 4. The zero-order chi connectivity index (χ0) is 14.7. The van der Waals surface area contributed by atoms with Crippen molar-refractivity contribution >= 4 is 16.9 Å². The maximum atomic E-state index is 8.93. The molecule has 2 aromatic rings. The second kappa shape index (κ2) is 6.07. The van der Waals surface area contributed by atoms with E-state index in [2.05, 4.69) is 24.9 Å². The predicted octanol–water partition coefficient (Wildman–Crippen LogP) is -2.65. The van der Waals surface area contributed by atoms with E-state index in [4.69, 9.17) is 26.2 Å². The summed E-state index contributed by atoms with van der Waals surface area (Å²) < 4.78 is 4.54. The smallest absolute Gasteiger partial charge is 0.184 e. The third-order valence-corrected chi connectivity index (χ3v) is 2.79. The van der Waals surface area contributed by atoms with E-state index >= 15 is 0 Å². The molecule has 1 aliphatic heterocycles. The van der Waals surface area contributed by atoms with E-state index in [1.165, 1.54) is 6.33 Å². The lowest BCUT2D eigenvalue weighted by molar-refractivity contribution is -0.132. The van der Waals surface area contributed by atoms with Crippen LogP contribution in [0.1, 0.15) is 0 Å². The van der Waals surface area contributed by atoms with Gasteiger partial charge < -0.3 is 30.9 Å². The van der Waals surface area contributed by atoms with Crippen molar-refractivity contribution < 1.29 is 25.2 Å². The Labute approximate surface area is 112 Å². The number of aromatic nitrogens is 4. The predicted molar refractivity (Wildman–Crippen MR) is 66.1 cm³/mol. The van der Waals surface area contributed by atoms with E-state index in [0.29, 0.717) is 11.5 Å². The topological polar surface area (TPSA) is 171 Å². The maximum Gasteiger partial charge on any atom is 0.184 e. The minimum Gasteiger partial charge on any atom is -0.394 e. The fourth-order valence-corrected chi connectivity index (χ4v) is 1.66. The third-order valence-electron chi connectivity index (χ3n) is 2.79. The molecule has 3 rings (SSSR count). The van der Waals surface area contributed by atoms with Gasteiger partial charge in [0.1, 0.15) is 24.6 Å². The van der Waals surface area contributed by atoms with Crippen molar-refractivity contribution in [2.45, 2.75) is 24.6 Å². The molecule has 4 atom stereocenters. The van der Waals surface area contributed by atoms with Gasteiger partial charge in [-0.2, -0.15) is 5.10 Å². The fraction of sp³-hybridized carbons (Fsp3) is 0.500. The Morgan fingerprint density at radius 1 is 1.30 bits per heavy atom. The zero-order valence-corrected chi connectivity index (χ0v) is 10.3. The molecule has 0 amide bonds. The van der Waals surface area contributed by atoms with Crippen LogP contribution in [0.4, 0.5) is 5.82 Å². The van der Waals surface area contributed by atoms with Crippen LogP contribution in [0.3, 0.4) is 0 Å². The van der Waals surface area contributed by atoms with E-state index in [1.807, 2.05) is 0 Å². The number of nitrogens with two attached hydrogens (primary N) is 1. The molecule has 10 heteroatoms. The lowest BCUT2D eigenvalue weighted by Crippen LogP contribution is -2.33. The monoisotopic (exact) mass is 285 g/mol. The largest absolute Gasteiger partial charge is 0.394 e. The van der Waals surface area contributed by atoms with Crippen LogP contribution >= 0.6 is 0 Å². The van der Waals surface area contributed by atoms with Crippen molar-refractivity contribution in [3.05, 3.63) is 12.5 Å². The summed E-state index contributed by atoms with van der Waals surface area (Å²) >= 11 is 0. The first-order chi connectivity index (χ1) is 9.54. The highest BCUT2D eigenvalue weighted by atomic mass is 16.6. The van der Waals surface area contributed by atoms with Gasteiger partial charge in [-0.05, 0) is 0 Å². The number of aliphatic hydroxyl groups is 4. The van der Waals surface area contributed by atoms with Crippen molar-refractivity contribution in [3.63, 3.8) is 0 Å². The Bertz CT molecular complexity index is 564. The van der Waals surface area contributed by atoms with E-state index in [1.54, 1.807) is 6.20 Å². The molecule has 7 N–H and O–H groups in total. The van der Waals surface area contributed by atoms with Crippen LogP contribution in [0.25, 0.3) is 11.0 Å². The van der Waals surface area contributed by atoms with Gasteiger partial charge in [-0.15, -0.1) is 0 Å². The summed E-state index contributed by atoms with van der Waals surface area (Å²) in [6.07, 6.45) is -1.68. The number of rotatable bonds is 1. The number of ether oxygens (including phenoxy) is 1. The summed E-state index contributed by atoms with van der Waals surface area (Å²) in [4.78, 5) is 7.69. The molecule has 0 bridgehead atoms. The first-order valence-electron chi connectivity index (χ1n) is 5.74. The summed E-state index contributed by atoms with van der Waals surface area (Å²) in [5.74, 6) is 0.440. The van der Waals surface area contributed by atoms with Crippen LogP contribution in [0.15, 0.2) is 12.5 Å². The van der Waals surface area contributed by atoms with Gasteiger partial charge in [0.05, 0.1) is 12.0 Å². The SMILES string of the molecule is Nc1n[nH]c2ncncc12.OC[C@H]1OC(O)[C@H](O)[C@@H]1O. The molecular weight excluding hydrogens is 270 g/mol. The Morgan fingerprint density at radius 3 is 2.55 bits per heavy atom. The normalized spacial score (nSPS) is 29.2. The molecule has 0 aromatic carbocycles. The fourth-order valence-electron chi connectivity index (χ4n) is 1.66. The van der Waals surface area contributed by atoms with Gasteiger partial charge in [-0.1, -0.05) is 0 Å². The standard InChI is InChI=1S/C5H5N5.C5H10O5/c6-4-3-1-7-2-8-5(3)10-9-4;6-1-2-3(7)4(8)5(9)10-2/h1-2H,(H3,6,7,8,9,10);2-9H,1H2/t;2-,3-,4-,5?/m.1/s1. The van der Waals surface area contributed by atoms with Crippen LogP contribution in [0.5, 0.6) is 0 Å². The van der Waals surface area contributed by atoms with Crippen molar-refractivity contribution in [2.24, 2.45) is 0 Å². The lowest BCUT2D eigenvalue weighted by Gasteiger charge is -2.09. The molecule has 110 valence electrons. The number of aromatic amines is 1. The number of hydrogen-bond acceptors (Lipinski definition) is 9. The first kappa shape index (κ1) is 14.6. The van der Waals surface area contributed by atoms with E-state index < -0.39 is 31.2 Å². The molecule has 1 saturated heterocycles. The number of H-pyrrole nitrogens is 1. The molecule has 0 radical (unpaired) electrons. The highest BCUT2D eigenvalue weighted by molar-refractivity contribution is 5.84. The summed E-state index contributed by atoms with van der Waals surface area (Å²) in [7, 11) is 0. The lowest BCUT2D eigenvalue weighted by atomic mass is 10.1. The summed E-state index contributed by atoms with van der Waals surface area (Å²) in [5, 5.41) is 42.1. The molecule has 1 aliphatic rings. The van der Waals surface area contributed by atoms with Gasteiger partial charge >= 0.3 is 0 Å². The third kappa shape index (κ3) is 2.84. The zero-order valence-electron chi connectivity index (χ0n) is 10.3. The number of nitrogens with one attached hydrogen (secondary N) is 1. The number of nitrogen functional groups attached to an aromatic ring is 1. The van der Waals surface area contributed by atoms with E-state index in [0.717, 1.165) is 5.39 Å². The van der Waals surface area contributed by atoms with Gasteiger partial charge in [0.2, 0.25) is 0 Å². The Hall–Kier alpha value is -1.85. The second-order valence-electron chi connectivity index (χ2n) is 4.12. The molecule has 0 saturated carbocycles. The average Bonchev–Trinajstić information content (AvgIpc) is 2.96. The molecule has 20 heavy (non-hydrogen) atoms. The molecule has 3 heterocycles. The van der Waals surface area contributed by atoms with Crippen LogP contribution in [-0.4, -0.2) is 71.8 Å². The highest BCUT2D eigenvalue weighted by Gasteiger charge is 2.41. The van der Waals surface area contributed by atoms with Gasteiger partial charge in [-0.25, -0.2) is 9.97 Å². The van der Waals surface area contributed by atoms with Gasteiger partial charge in [0.15, 0.2) is 17.8 Å². The Balaban J connectivity index is 0.000000147. The second-order valence-corrected chi connectivity index (χ2v) is 4.12. The summed E-state index contributed by atoms with van der Waals surface area (Å²) in [6, 6.07) is 0. The van der Waals surface area contributed by atoms with Crippen molar-refractivity contribution in [1.82, 2.24) is 20.2 Å². The molecule has 1 unspecified atom stereocenters. The quantitative estimate of drug-likeness (QED) is 0.327. The number of hydrogen-bond donors (Lipinski definition) is 6. The average molecular weight is 285 g/mol. The van der Waals surface area contributed by atoms with Crippen molar-refractivity contribution in [3.8, 4) is 0 Å². The van der Waals surface area contributed by atoms with Gasteiger partial charge in [0, 0.05) is 6.20 Å². The number of anilines is 1. The molecule has 2 aromatic heterocycles. The van der Waals surface area contributed by atoms with Gasteiger partial charge in [-0.3, -0.25) is 5.10 Å². The number of fused-ring (bicyclic) bond motifs is 1. The molecular formula is C10H15N5O5. The minimum atomic E-state index is -1.38. The molecule has 0 aliphatic carbocycles. The molecule has 10 nitrogen and oxygen atoms in total. The first-order valence-corrected chi connectivity index (χ1v) is 5.74. The van der Waals surface area contributed by atoms with Gasteiger partial charge in [0.25, 0.3) is 0 Å². The highest BCUT2D eigenvalue weighted by Crippen LogP contribution is 2.18. The van der Waals surface area contributed by atoms with Crippen LogP contribution < -0.4 is 5.73 Å². The van der Waals surface area contributed by atoms with Crippen LogP contribution in [-0.2, 0) is 4.74 Å². The molecule has 0 spiro atoms. The number of nitrogens with zero attached hydrogens (tertiary/aromatic N) is 3. The van der Waals surface area contributed by atoms with Crippen LogP contribution in [0.2, 0.25) is 0 Å². The van der Waals surface area contributed by atoms with Crippen molar-refractivity contribution in [1.29, 1.82) is 0 Å². The Kier molecular flexibility index (Phi) is 4.42. The summed E-state index contributed by atoms with van der Waals surface area (Å²) in [5.41, 5.74) is 6.13. The molecule has 1 fully saturated rings. The summed E-state index contributed by atoms with van der Waals surface area (Å²) in [6.45, 7) is -0.407. The minimum absolute atomic E-state index is 0.407. The van der Waals surface area contributed by atoms with E-state index in [-0.39, 0.29) is 0 Å². The van der Waals surface area contributed by atoms with Crippen molar-refractivity contribution in [2.75, 3.05) is 12.3 Å². The van der Waals surface area contributed by atoms with Crippen LogP contribution in [0, 0.1) is 0 Å². The maximum absolute atomic E-state index is 8.93. The Morgan fingerprint density at radius 2 is 2.05 bits per heavy atom. The van der Waals surface area contributed by atoms with E-state index in [9.17, 15) is 0 Å².